The van der Waals surface area contributed by atoms with Gasteiger partial charge >= 0.3 is 5.97 Å². The molecule has 0 bridgehead atoms. The highest BCUT2D eigenvalue weighted by Gasteiger charge is 2.13. The van der Waals surface area contributed by atoms with E-state index < -0.39 is 5.97 Å². The molecule has 21 heavy (non-hydrogen) atoms. The summed E-state index contributed by atoms with van der Waals surface area (Å²) in [5, 5.41) is 15.8. The minimum atomic E-state index is -1.07. The van der Waals surface area contributed by atoms with Crippen LogP contribution in [0.5, 0.6) is 0 Å². The number of rotatable bonds is 4. The van der Waals surface area contributed by atoms with Gasteiger partial charge in [0.1, 0.15) is 5.69 Å². The molecule has 1 amide bonds. The second kappa shape index (κ2) is 5.74. The van der Waals surface area contributed by atoms with Crippen LogP contribution in [0.3, 0.4) is 0 Å². The van der Waals surface area contributed by atoms with E-state index in [0.29, 0.717) is 6.54 Å². The molecule has 7 heteroatoms. The van der Waals surface area contributed by atoms with Gasteiger partial charge in [-0.1, -0.05) is 0 Å². The molecular weight excluding hydrogens is 272 g/mol. The summed E-state index contributed by atoms with van der Waals surface area (Å²) in [6.07, 6.45) is 1.16. The quantitative estimate of drug-likeness (QED) is 0.876. The summed E-state index contributed by atoms with van der Waals surface area (Å²) >= 11 is 0. The van der Waals surface area contributed by atoms with Crippen LogP contribution in [0.25, 0.3) is 0 Å². The zero-order valence-corrected chi connectivity index (χ0v) is 12.0. The number of amides is 1. The Labute approximate surface area is 121 Å². The topological polar surface area (TPSA) is 97.1 Å². The first-order valence-electron chi connectivity index (χ1n) is 6.36. The van der Waals surface area contributed by atoms with Gasteiger partial charge in [-0.15, -0.1) is 0 Å². The van der Waals surface area contributed by atoms with E-state index in [1.165, 1.54) is 12.1 Å². The molecule has 0 spiro atoms. The molecule has 0 aliphatic heterocycles. The van der Waals surface area contributed by atoms with Crippen LogP contribution < -0.4 is 5.32 Å². The summed E-state index contributed by atoms with van der Waals surface area (Å²) in [7, 11) is 1.85. The number of carboxylic acid groups (broad SMARTS) is 1. The molecule has 0 aliphatic carbocycles. The standard InChI is InChI=1S/C14H16N4O3/c1-8-11(9(2)18(3)17-8)7-16-13(19)12-5-4-10(6-15-12)14(20)21/h4-6H,7H2,1-3H3,(H,16,19)(H,20,21). The number of nitrogens with one attached hydrogen (secondary N) is 1. The fraction of sp³-hybridized carbons (Fsp3) is 0.286. The Morgan fingerprint density at radius 2 is 2.05 bits per heavy atom. The van der Waals surface area contributed by atoms with E-state index in [1.807, 2.05) is 20.9 Å². The second-order valence-corrected chi connectivity index (χ2v) is 4.69. The highest BCUT2D eigenvalue weighted by atomic mass is 16.4. The van der Waals surface area contributed by atoms with Crippen molar-refractivity contribution in [1.29, 1.82) is 0 Å². The first kappa shape index (κ1) is 14.7. The maximum absolute atomic E-state index is 12.0. The molecule has 2 N–H and O–H groups in total. The molecule has 2 aromatic heterocycles. The maximum Gasteiger partial charge on any atom is 0.337 e. The molecule has 0 aromatic carbocycles. The molecule has 0 atom stereocenters. The molecule has 2 rings (SSSR count). The number of aromatic nitrogens is 3. The van der Waals surface area contributed by atoms with Crippen LogP contribution >= 0.6 is 0 Å². The third-order valence-electron chi connectivity index (χ3n) is 3.33. The number of carbonyl (C=O) groups excluding carboxylic acids is 1. The Balaban J connectivity index is 2.06. The van der Waals surface area contributed by atoms with Crippen molar-refractivity contribution >= 4 is 11.9 Å². The van der Waals surface area contributed by atoms with Gasteiger partial charge in [-0.05, 0) is 26.0 Å². The van der Waals surface area contributed by atoms with Gasteiger partial charge in [-0.25, -0.2) is 4.79 Å². The van der Waals surface area contributed by atoms with Gasteiger partial charge in [-0.3, -0.25) is 14.5 Å². The Bertz CT molecular complexity index is 689. The lowest BCUT2D eigenvalue weighted by atomic mass is 10.2. The minimum absolute atomic E-state index is 0.0468. The van der Waals surface area contributed by atoms with Crippen molar-refractivity contribution in [3.63, 3.8) is 0 Å². The maximum atomic E-state index is 12.0. The number of hydrogen-bond donors (Lipinski definition) is 2. The highest BCUT2D eigenvalue weighted by Crippen LogP contribution is 2.11. The lowest BCUT2D eigenvalue weighted by Crippen LogP contribution is -2.24. The third kappa shape index (κ3) is 3.07. The smallest absolute Gasteiger partial charge is 0.337 e. The van der Waals surface area contributed by atoms with E-state index >= 15 is 0 Å². The van der Waals surface area contributed by atoms with Gasteiger partial charge in [0, 0.05) is 31.0 Å². The fourth-order valence-corrected chi connectivity index (χ4v) is 1.99. The zero-order chi connectivity index (χ0) is 15.6. The van der Waals surface area contributed by atoms with E-state index in [-0.39, 0.29) is 17.2 Å². The first-order valence-corrected chi connectivity index (χ1v) is 6.36. The van der Waals surface area contributed by atoms with E-state index in [9.17, 15) is 9.59 Å². The lowest BCUT2D eigenvalue weighted by molar-refractivity contribution is 0.0695. The van der Waals surface area contributed by atoms with Crippen molar-refractivity contribution in [3.8, 4) is 0 Å². The van der Waals surface area contributed by atoms with E-state index in [0.717, 1.165) is 23.1 Å². The first-order chi connectivity index (χ1) is 9.90. The number of aromatic carboxylic acids is 1. The normalized spacial score (nSPS) is 10.4. The Morgan fingerprint density at radius 3 is 2.52 bits per heavy atom. The van der Waals surface area contributed by atoms with Gasteiger partial charge in [-0.2, -0.15) is 5.10 Å². The monoisotopic (exact) mass is 288 g/mol. The number of pyridine rings is 1. The summed E-state index contributed by atoms with van der Waals surface area (Å²) in [5.41, 5.74) is 3.05. The molecular formula is C14H16N4O3. The van der Waals surface area contributed by atoms with Gasteiger partial charge in [0.25, 0.3) is 5.91 Å². The van der Waals surface area contributed by atoms with Crippen LogP contribution in [0, 0.1) is 13.8 Å². The predicted molar refractivity (Wildman–Crippen MR) is 75.0 cm³/mol. The predicted octanol–water partition coefficient (Wildman–Crippen LogP) is 1.06. The van der Waals surface area contributed by atoms with Crippen molar-refractivity contribution in [2.75, 3.05) is 0 Å². The Morgan fingerprint density at radius 1 is 1.33 bits per heavy atom. The zero-order valence-electron chi connectivity index (χ0n) is 12.0. The molecule has 0 fully saturated rings. The summed E-state index contributed by atoms with van der Waals surface area (Å²) < 4.78 is 1.76. The van der Waals surface area contributed by atoms with E-state index in [1.54, 1.807) is 4.68 Å². The van der Waals surface area contributed by atoms with Gasteiger partial charge in [0.05, 0.1) is 11.3 Å². The highest BCUT2D eigenvalue weighted by molar-refractivity contribution is 5.93. The fourth-order valence-electron chi connectivity index (χ4n) is 1.99. The second-order valence-electron chi connectivity index (χ2n) is 4.69. The van der Waals surface area contributed by atoms with Crippen LogP contribution in [0.1, 0.15) is 37.8 Å². The van der Waals surface area contributed by atoms with E-state index in [2.05, 4.69) is 15.4 Å². The number of hydrogen-bond acceptors (Lipinski definition) is 4. The molecule has 0 saturated carbocycles. The SMILES string of the molecule is Cc1nn(C)c(C)c1CNC(=O)c1ccc(C(=O)O)cn1. The van der Waals surface area contributed by atoms with Gasteiger partial charge in [0.2, 0.25) is 0 Å². The molecule has 0 unspecified atom stereocenters. The van der Waals surface area contributed by atoms with Crippen LogP contribution in [-0.2, 0) is 13.6 Å². The molecule has 110 valence electrons. The molecule has 2 heterocycles. The average Bonchev–Trinajstić information content (AvgIpc) is 2.70. The van der Waals surface area contributed by atoms with Gasteiger partial charge in [0.15, 0.2) is 0 Å². The van der Waals surface area contributed by atoms with Crippen molar-refractivity contribution in [1.82, 2.24) is 20.1 Å². The van der Waals surface area contributed by atoms with Crippen LogP contribution in [0.15, 0.2) is 18.3 Å². The number of nitrogens with zero attached hydrogens (tertiary/aromatic N) is 3. The average molecular weight is 288 g/mol. The van der Waals surface area contributed by atoms with Crippen LogP contribution in [0.4, 0.5) is 0 Å². The van der Waals surface area contributed by atoms with Crippen molar-refractivity contribution in [2.24, 2.45) is 7.05 Å². The van der Waals surface area contributed by atoms with Crippen molar-refractivity contribution in [3.05, 3.63) is 46.5 Å². The summed E-state index contributed by atoms with van der Waals surface area (Å²) in [4.78, 5) is 26.5. The summed E-state index contributed by atoms with van der Waals surface area (Å²) in [6.45, 7) is 4.17. The third-order valence-corrected chi connectivity index (χ3v) is 3.33. The molecule has 7 nitrogen and oxygen atoms in total. The Hall–Kier alpha value is -2.70. The summed E-state index contributed by atoms with van der Waals surface area (Å²) in [6, 6.07) is 2.74. The number of carboxylic acids is 1. The number of carbonyl (C=O) groups is 2. The van der Waals surface area contributed by atoms with Gasteiger partial charge < -0.3 is 10.4 Å². The lowest BCUT2D eigenvalue weighted by Gasteiger charge is -2.05. The molecule has 0 radical (unpaired) electrons. The minimum Gasteiger partial charge on any atom is -0.478 e. The summed E-state index contributed by atoms with van der Waals surface area (Å²) in [5.74, 6) is -1.43. The number of aryl methyl sites for hydroxylation is 2. The van der Waals surface area contributed by atoms with Crippen LogP contribution in [0.2, 0.25) is 0 Å². The Kier molecular flexibility index (Phi) is 4.02. The van der Waals surface area contributed by atoms with Crippen LogP contribution in [-0.4, -0.2) is 31.7 Å². The van der Waals surface area contributed by atoms with Crippen molar-refractivity contribution in [2.45, 2.75) is 20.4 Å². The molecule has 0 saturated heterocycles. The molecule has 0 aliphatic rings. The molecule has 2 aromatic rings. The van der Waals surface area contributed by atoms with Crippen molar-refractivity contribution < 1.29 is 14.7 Å². The van der Waals surface area contributed by atoms with E-state index in [4.69, 9.17) is 5.11 Å². The largest absolute Gasteiger partial charge is 0.478 e.